The van der Waals surface area contributed by atoms with Gasteiger partial charge in [-0.25, -0.2) is 17.9 Å². The van der Waals surface area contributed by atoms with Gasteiger partial charge in [-0.3, -0.25) is 0 Å². The van der Waals surface area contributed by atoms with E-state index in [4.69, 9.17) is 4.42 Å². The van der Waals surface area contributed by atoms with Crippen molar-refractivity contribution in [3.63, 3.8) is 0 Å². The molecule has 0 radical (unpaired) electrons. The third kappa shape index (κ3) is 3.18. The SMILES string of the molecule is O=C(O)c1ccc(S(=O)(=O)NCc2ccc3occc3c2)c2ccccc12. The number of aromatic carboxylic acids is 1. The molecule has 0 saturated carbocycles. The summed E-state index contributed by atoms with van der Waals surface area (Å²) >= 11 is 0. The third-order valence-corrected chi connectivity index (χ3v) is 5.85. The lowest BCUT2D eigenvalue weighted by atomic mass is 10.0. The van der Waals surface area contributed by atoms with E-state index in [0.717, 1.165) is 16.5 Å². The van der Waals surface area contributed by atoms with Crippen LogP contribution in [0.3, 0.4) is 0 Å². The number of carboxylic acid groups (broad SMARTS) is 1. The maximum Gasteiger partial charge on any atom is 0.336 e. The number of carbonyl (C=O) groups is 1. The van der Waals surface area contributed by atoms with Gasteiger partial charge in [0.25, 0.3) is 0 Å². The van der Waals surface area contributed by atoms with Crippen molar-refractivity contribution >= 4 is 37.7 Å². The predicted molar refractivity (Wildman–Crippen MR) is 101 cm³/mol. The second-order valence-electron chi connectivity index (χ2n) is 6.08. The zero-order chi connectivity index (χ0) is 19.0. The molecule has 7 heteroatoms. The Hall–Kier alpha value is -3.16. The molecule has 27 heavy (non-hydrogen) atoms. The molecule has 0 bridgehead atoms. The second-order valence-corrected chi connectivity index (χ2v) is 7.81. The number of fused-ring (bicyclic) bond motifs is 2. The highest BCUT2D eigenvalue weighted by atomic mass is 32.2. The summed E-state index contributed by atoms with van der Waals surface area (Å²) in [5, 5.41) is 11.0. The Labute approximate surface area is 155 Å². The van der Waals surface area contributed by atoms with E-state index in [2.05, 4.69) is 4.72 Å². The number of hydrogen-bond acceptors (Lipinski definition) is 4. The predicted octanol–water partition coefficient (Wildman–Crippen LogP) is 3.76. The van der Waals surface area contributed by atoms with Gasteiger partial charge < -0.3 is 9.52 Å². The van der Waals surface area contributed by atoms with Gasteiger partial charge in [0.1, 0.15) is 5.58 Å². The first kappa shape index (κ1) is 17.3. The Bertz CT molecular complexity index is 1270. The lowest BCUT2D eigenvalue weighted by molar-refractivity contribution is 0.0699. The molecule has 0 fully saturated rings. The third-order valence-electron chi connectivity index (χ3n) is 4.39. The van der Waals surface area contributed by atoms with Gasteiger partial charge in [0, 0.05) is 17.3 Å². The van der Waals surface area contributed by atoms with Crippen LogP contribution in [0, 0.1) is 0 Å². The fraction of sp³-hybridized carbons (Fsp3) is 0.0500. The molecular weight excluding hydrogens is 366 g/mol. The van der Waals surface area contributed by atoms with Gasteiger partial charge in [-0.15, -0.1) is 0 Å². The summed E-state index contributed by atoms with van der Waals surface area (Å²) < 4.78 is 33.5. The summed E-state index contributed by atoms with van der Waals surface area (Å²) in [4.78, 5) is 11.4. The number of nitrogens with one attached hydrogen (secondary N) is 1. The minimum absolute atomic E-state index is 0.0486. The topological polar surface area (TPSA) is 96.6 Å². The van der Waals surface area contributed by atoms with Crippen molar-refractivity contribution in [1.29, 1.82) is 0 Å². The molecule has 6 nitrogen and oxygen atoms in total. The Morgan fingerprint density at radius 2 is 1.78 bits per heavy atom. The van der Waals surface area contributed by atoms with E-state index >= 15 is 0 Å². The minimum Gasteiger partial charge on any atom is -0.478 e. The van der Waals surface area contributed by atoms with Gasteiger partial charge in [0.05, 0.1) is 16.7 Å². The van der Waals surface area contributed by atoms with Gasteiger partial charge in [0.15, 0.2) is 0 Å². The fourth-order valence-electron chi connectivity index (χ4n) is 3.07. The molecule has 4 rings (SSSR count). The van der Waals surface area contributed by atoms with Crippen LogP contribution in [0.1, 0.15) is 15.9 Å². The van der Waals surface area contributed by atoms with Crippen molar-refractivity contribution in [2.24, 2.45) is 0 Å². The molecule has 0 aliphatic rings. The normalized spacial score (nSPS) is 11.9. The molecule has 4 aromatic rings. The Morgan fingerprint density at radius 3 is 2.56 bits per heavy atom. The molecule has 136 valence electrons. The zero-order valence-corrected chi connectivity index (χ0v) is 14.9. The first-order valence-corrected chi connectivity index (χ1v) is 9.65. The maximum absolute atomic E-state index is 12.8. The average molecular weight is 381 g/mol. The highest BCUT2D eigenvalue weighted by Crippen LogP contribution is 2.26. The molecule has 0 aliphatic heterocycles. The van der Waals surface area contributed by atoms with Crippen LogP contribution in [0.5, 0.6) is 0 Å². The van der Waals surface area contributed by atoms with E-state index < -0.39 is 16.0 Å². The maximum atomic E-state index is 12.8. The van der Waals surface area contributed by atoms with E-state index in [1.54, 1.807) is 42.7 Å². The van der Waals surface area contributed by atoms with Gasteiger partial charge in [-0.2, -0.15) is 0 Å². The summed E-state index contributed by atoms with van der Waals surface area (Å²) in [6.45, 7) is 0.110. The van der Waals surface area contributed by atoms with Crippen molar-refractivity contribution in [2.45, 2.75) is 11.4 Å². The average Bonchev–Trinajstić information content (AvgIpc) is 3.13. The van der Waals surface area contributed by atoms with Crippen LogP contribution in [-0.4, -0.2) is 19.5 Å². The molecule has 0 spiro atoms. The van der Waals surface area contributed by atoms with Crippen LogP contribution in [0.2, 0.25) is 0 Å². The molecule has 2 N–H and O–H groups in total. The largest absolute Gasteiger partial charge is 0.478 e. The van der Waals surface area contributed by atoms with E-state index in [1.165, 1.54) is 12.1 Å². The molecule has 3 aromatic carbocycles. The summed E-state index contributed by atoms with van der Waals surface area (Å²) in [6.07, 6.45) is 1.58. The number of rotatable bonds is 5. The van der Waals surface area contributed by atoms with Crippen LogP contribution in [-0.2, 0) is 16.6 Å². The van der Waals surface area contributed by atoms with Crippen molar-refractivity contribution in [2.75, 3.05) is 0 Å². The summed E-state index contributed by atoms with van der Waals surface area (Å²) in [5.41, 5.74) is 1.59. The Balaban J connectivity index is 1.69. The standard InChI is InChI=1S/C20H15NO5S/c22-20(23)17-6-8-19(16-4-2-1-3-15(16)17)27(24,25)21-12-13-5-7-18-14(11-13)9-10-26-18/h1-11,21H,12H2,(H,22,23). The molecule has 0 atom stereocenters. The molecule has 0 unspecified atom stereocenters. The van der Waals surface area contributed by atoms with Gasteiger partial charge in [0.2, 0.25) is 10.0 Å². The highest BCUT2D eigenvalue weighted by molar-refractivity contribution is 7.89. The fourth-order valence-corrected chi connectivity index (χ4v) is 4.30. The minimum atomic E-state index is -3.83. The summed E-state index contributed by atoms with van der Waals surface area (Å²) in [5.74, 6) is -1.10. The number of hydrogen-bond donors (Lipinski definition) is 2. The van der Waals surface area contributed by atoms with Crippen molar-refractivity contribution < 1.29 is 22.7 Å². The lowest BCUT2D eigenvalue weighted by Crippen LogP contribution is -2.23. The van der Waals surface area contributed by atoms with Crippen LogP contribution in [0.4, 0.5) is 0 Å². The van der Waals surface area contributed by atoms with Crippen molar-refractivity contribution in [3.8, 4) is 0 Å². The van der Waals surface area contributed by atoms with Crippen molar-refractivity contribution in [1.82, 2.24) is 4.72 Å². The number of benzene rings is 3. The quantitative estimate of drug-likeness (QED) is 0.549. The molecule has 0 amide bonds. The lowest BCUT2D eigenvalue weighted by Gasteiger charge is -2.11. The van der Waals surface area contributed by atoms with E-state index in [9.17, 15) is 18.3 Å². The smallest absolute Gasteiger partial charge is 0.336 e. The first-order valence-electron chi connectivity index (χ1n) is 8.16. The summed E-state index contributed by atoms with van der Waals surface area (Å²) in [7, 11) is -3.83. The number of sulfonamides is 1. The highest BCUT2D eigenvalue weighted by Gasteiger charge is 2.20. The first-order chi connectivity index (χ1) is 13.0. The Kier molecular flexibility index (Phi) is 4.18. The van der Waals surface area contributed by atoms with Gasteiger partial charge in [-0.1, -0.05) is 30.3 Å². The number of carboxylic acids is 1. The molecule has 0 aliphatic carbocycles. The Morgan fingerprint density at radius 1 is 1.00 bits per heavy atom. The van der Waals surface area contributed by atoms with Crippen molar-refractivity contribution in [3.05, 3.63) is 78.1 Å². The van der Waals surface area contributed by atoms with Crippen LogP contribution < -0.4 is 4.72 Å². The van der Waals surface area contributed by atoms with Gasteiger partial charge >= 0.3 is 5.97 Å². The molecule has 1 heterocycles. The van der Waals surface area contributed by atoms with E-state index in [0.29, 0.717) is 10.8 Å². The van der Waals surface area contributed by atoms with Crippen LogP contribution in [0.25, 0.3) is 21.7 Å². The van der Waals surface area contributed by atoms with Crippen LogP contribution >= 0.6 is 0 Å². The van der Waals surface area contributed by atoms with E-state index in [1.807, 2.05) is 12.1 Å². The molecular formula is C20H15NO5S. The molecule has 1 aromatic heterocycles. The van der Waals surface area contributed by atoms with E-state index in [-0.39, 0.29) is 17.0 Å². The summed E-state index contributed by atoms with van der Waals surface area (Å²) in [6, 6.07) is 16.5. The van der Waals surface area contributed by atoms with Gasteiger partial charge in [-0.05, 0) is 41.3 Å². The second kappa shape index (κ2) is 6.53. The monoisotopic (exact) mass is 381 g/mol. The number of furan rings is 1. The zero-order valence-electron chi connectivity index (χ0n) is 14.0. The molecule has 0 saturated heterocycles. The van der Waals surface area contributed by atoms with Crippen LogP contribution in [0.15, 0.2) is 76.2 Å².